The van der Waals surface area contributed by atoms with Gasteiger partial charge in [0.15, 0.2) is 9.84 Å². The number of aryl methyl sites for hydroxylation is 1. The largest absolute Gasteiger partial charge is 0.372 e. The molecular weight excluding hydrogens is 510 g/mol. The molecule has 2 heterocycles. The van der Waals surface area contributed by atoms with Crippen LogP contribution in [0.4, 0.5) is 0 Å². The fourth-order valence-corrected chi connectivity index (χ4v) is 6.17. The number of H-pyrrole nitrogens is 1. The molecule has 0 amide bonds. The van der Waals surface area contributed by atoms with E-state index in [-0.39, 0.29) is 5.75 Å². The molecule has 34 heavy (non-hydrogen) atoms. The molecule has 182 valence electrons. The Bertz CT molecular complexity index is 1170. The number of benzene rings is 1. The minimum Gasteiger partial charge on any atom is -0.372 e. The molecule has 2 aromatic heterocycles. The number of aromatic nitrogens is 3. The van der Waals surface area contributed by atoms with Gasteiger partial charge in [-0.3, -0.25) is 9.98 Å². The van der Waals surface area contributed by atoms with E-state index in [2.05, 4.69) is 25.3 Å². The summed E-state index contributed by atoms with van der Waals surface area (Å²) in [6.45, 7) is 3.12. The van der Waals surface area contributed by atoms with Crippen molar-refractivity contribution in [2.45, 2.75) is 23.3 Å². The van der Waals surface area contributed by atoms with Gasteiger partial charge in [-0.1, -0.05) is 29.8 Å². The maximum atomic E-state index is 12.9. The summed E-state index contributed by atoms with van der Waals surface area (Å²) < 4.78 is 25.7. The topological polar surface area (TPSA) is 100 Å². The van der Waals surface area contributed by atoms with E-state index in [9.17, 15) is 8.42 Å². The first-order valence-electron chi connectivity index (χ1n) is 10.7. The fraction of sp³-hybridized carbons (Fsp3) is 0.348. The van der Waals surface area contributed by atoms with Gasteiger partial charge in [-0.05, 0) is 31.2 Å². The molecule has 0 saturated heterocycles. The van der Waals surface area contributed by atoms with Crippen molar-refractivity contribution in [3.05, 3.63) is 77.1 Å². The molecule has 0 spiro atoms. The summed E-state index contributed by atoms with van der Waals surface area (Å²) >= 11 is 9.56. The number of nitrogens with one attached hydrogen (secondary N) is 2. The third-order valence-corrected chi connectivity index (χ3v) is 8.70. The van der Waals surface area contributed by atoms with Crippen molar-refractivity contribution in [3.63, 3.8) is 0 Å². The lowest BCUT2D eigenvalue weighted by molar-refractivity contribution is 0.599. The molecule has 0 atom stereocenters. The number of thioether (sulfide) groups is 2. The van der Waals surface area contributed by atoms with Crippen LogP contribution < -0.4 is 5.32 Å². The Morgan fingerprint density at radius 2 is 1.82 bits per heavy atom. The fourth-order valence-electron chi connectivity index (χ4n) is 2.95. The van der Waals surface area contributed by atoms with Crippen molar-refractivity contribution in [3.8, 4) is 0 Å². The highest BCUT2D eigenvalue weighted by Gasteiger charge is 2.17. The Balaban J connectivity index is 1.52. The molecule has 0 aliphatic heterocycles. The van der Waals surface area contributed by atoms with Gasteiger partial charge >= 0.3 is 0 Å². The number of rotatable bonds is 13. The Morgan fingerprint density at radius 3 is 2.56 bits per heavy atom. The minimum atomic E-state index is -3.48. The van der Waals surface area contributed by atoms with Crippen molar-refractivity contribution in [2.24, 2.45) is 4.99 Å². The Kier molecular flexibility index (Phi) is 10.8. The van der Waals surface area contributed by atoms with Gasteiger partial charge in [0.25, 0.3) is 0 Å². The zero-order valence-corrected chi connectivity index (χ0v) is 22.1. The first-order chi connectivity index (χ1) is 16.5. The highest BCUT2D eigenvalue weighted by molar-refractivity contribution is 7.98. The SMILES string of the molecule is Cc1[nH]cnc1CSCCN=C(CS(=O)(=O)c1ccccc1)NCCSCc1ncccc1Cl. The van der Waals surface area contributed by atoms with Crippen LogP contribution in [0.25, 0.3) is 0 Å². The normalized spacial score (nSPS) is 12.1. The van der Waals surface area contributed by atoms with E-state index in [1.807, 2.05) is 19.1 Å². The molecule has 0 aliphatic carbocycles. The van der Waals surface area contributed by atoms with E-state index in [4.69, 9.17) is 11.6 Å². The Hall–Kier alpha value is -2.01. The third kappa shape index (κ3) is 8.65. The van der Waals surface area contributed by atoms with E-state index >= 15 is 0 Å². The average molecular weight is 538 g/mol. The number of hydrogen-bond acceptors (Lipinski definition) is 7. The highest BCUT2D eigenvalue weighted by Crippen LogP contribution is 2.18. The summed E-state index contributed by atoms with van der Waals surface area (Å²) in [5.74, 6) is 3.36. The molecule has 3 aromatic rings. The Morgan fingerprint density at radius 1 is 1.06 bits per heavy atom. The Labute approximate surface area is 214 Å². The second-order valence-electron chi connectivity index (χ2n) is 7.34. The molecule has 0 fully saturated rings. The number of aliphatic imine (C=N–C) groups is 1. The van der Waals surface area contributed by atoms with E-state index in [1.54, 1.807) is 66.4 Å². The van der Waals surface area contributed by atoms with E-state index in [0.29, 0.717) is 34.6 Å². The molecule has 0 aliphatic rings. The van der Waals surface area contributed by atoms with Crippen molar-refractivity contribution < 1.29 is 8.42 Å². The highest BCUT2D eigenvalue weighted by atomic mass is 35.5. The van der Waals surface area contributed by atoms with Crippen LogP contribution in [0.15, 0.2) is 64.9 Å². The lowest BCUT2D eigenvalue weighted by atomic mass is 10.4. The van der Waals surface area contributed by atoms with Crippen LogP contribution in [-0.2, 0) is 21.3 Å². The summed E-state index contributed by atoms with van der Waals surface area (Å²) in [6, 6.07) is 12.1. The predicted octanol–water partition coefficient (Wildman–Crippen LogP) is 4.40. The van der Waals surface area contributed by atoms with Crippen LogP contribution in [0.1, 0.15) is 17.1 Å². The zero-order valence-electron chi connectivity index (χ0n) is 18.9. The monoisotopic (exact) mass is 537 g/mol. The van der Waals surface area contributed by atoms with Crippen LogP contribution in [0.2, 0.25) is 5.02 Å². The average Bonchev–Trinajstić information content (AvgIpc) is 3.24. The summed E-state index contributed by atoms with van der Waals surface area (Å²) in [5.41, 5.74) is 2.94. The van der Waals surface area contributed by atoms with Crippen LogP contribution in [0.3, 0.4) is 0 Å². The molecule has 0 unspecified atom stereocenters. The minimum absolute atomic E-state index is 0.156. The second kappa shape index (κ2) is 13.8. The molecule has 3 rings (SSSR count). The van der Waals surface area contributed by atoms with Gasteiger partial charge < -0.3 is 10.3 Å². The zero-order chi connectivity index (χ0) is 24.2. The lowest BCUT2D eigenvalue weighted by Gasteiger charge is -2.11. The molecular formula is C23H28ClN5O2S3. The number of sulfone groups is 1. The van der Waals surface area contributed by atoms with Gasteiger partial charge in [0.1, 0.15) is 11.6 Å². The molecule has 0 radical (unpaired) electrons. The molecule has 0 saturated carbocycles. The quantitative estimate of drug-likeness (QED) is 0.189. The van der Waals surface area contributed by atoms with Crippen LogP contribution >= 0.6 is 35.1 Å². The number of nitrogens with zero attached hydrogens (tertiary/aromatic N) is 3. The van der Waals surface area contributed by atoms with Crippen LogP contribution in [0.5, 0.6) is 0 Å². The summed E-state index contributed by atoms with van der Waals surface area (Å²) in [5, 5.41) is 3.88. The lowest BCUT2D eigenvalue weighted by Crippen LogP contribution is -2.32. The van der Waals surface area contributed by atoms with Crippen molar-refractivity contribution >= 4 is 50.8 Å². The number of imidazole rings is 1. The third-order valence-electron chi connectivity index (χ3n) is 4.79. The predicted molar refractivity (Wildman–Crippen MR) is 144 cm³/mol. The van der Waals surface area contributed by atoms with Gasteiger partial charge in [-0.2, -0.15) is 23.5 Å². The van der Waals surface area contributed by atoms with Crippen LogP contribution in [-0.4, -0.2) is 59.6 Å². The first kappa shape index (κ1) is 26.6. The molecule has 1 aromatic carbocycles. The number of pyridine rings is 1. The molecule has 11 heteroatoms. The molecule has 7 nitrogen and oxygen atoms in total. The smallest absolute Gasteiger partial charge is 0.185 e. The number of aromatic amines is 1. The van der Waals surface area contributed by atoms with Gasteiger partial charge in [0, 0.05) is 41.4 Å². The van der Waals surface area contributed by atoms with Gasteiger partial charge in [0.2, 0.25) is 0 Å². The van der Waals surface area contributed by atoms with E-state index < -0.39 is 9.84 Å². The summed E-state index contributed by atoms with van der Waals surface area (Å²) in [7, 11) is -3.48. The molecule has 2 N–H and O–H groups in total. The number of hydrogen-bond donors (Lipinski definition) is 2. The molecule has 0 bridgehead atoms. The number of amidine groups is 1. The first-order valence-corrected chi connectivity index (χ1v) is 15.1. The van der Waals surface area contributed by atoms with Crippen molar-refractivity contribution in [2.75, 3.05) is 30.3 Å². The van der Waals surface area contributed by atoms with E-state index in [1.165, 1.54) is 0 Å². The van der Waals surface area contributed by atoms with Gasteiger partial charge in [-0.15, -0.1) is 0 Å². The van der Waals surface area contributed by atoms with Gasteiger partial charge in [-0.25, -0.2) is 13.4 Å². The van der Waals surface area contributed by atoms with E-state index in [0.717, 1.165) is 34.3 Å². The number of halogens is 1. The van der Waals surface area contributed by atoms with Crippen molar-refractivity contribution in [1.82, 2.24) is 20.3 Å². The van der Waals surface area contributed by atoms with Crippen molar-refractivity contribution in [1.29, 1.82) is 0 Å². The summed E-state index contributed by atoms with van der Waals surface area (Å²) in [4.78, 5) is 16.5. The maximum absolute atomic E-state index is 12.9. The summed E-state index contributed by atoms with van der Waals surface area (Å²) in [6.07, 6.45) is 3.42. The van der Waals surface area contributed by atoms with Crippen LogP contribution in [0, 0.1) is 6.92 Å². The maximum Gasteiger partial charge on any atom is 0.185 e. The second-order valence-corrected chi connectivity index (χ2v) is 11.9. The van der Waals surface area contributed by atoms with Gasteiger partial charge in [0.05, 0.1) is 34.2 Å². The standard InChI is InChI=1S/C23H28ClN5O2S3/c1-18-21(29-17-28-18)14-32-12-10-26-23(16-34(30,31)19-6-3-2-4-7-19)27-11-13-33-15-22-20(24)8-5-9-25-22/h2-9,17H,10-16H2,1H3,(H,26,27)(H,28,29).